The third-order valence-corrected chi connectivity index (χ3v) is 2.77. The Morgan fingerprint density at radius 1 is 1.22 bits per heavy atom. The first-order chi connectivity index (χ1) is 8.72. The Labute approximate surface area is 113 Å². The van der Waals surface area contributed by atoms with Gasteiger partial charge in [-0.3, -0.25) is 0 Å². The highest BCUT2D eigenvalue weighted by molar-refractivity contribution is 4.84. The van der Waals surface area contributed by atoms with Crippen LogP contribution >= 0.6 is 0 Å². The van der Waals surface area contributed by atoms with Gasteiger partial charge < -0.3 is 9.47 Å². The first-order valence-electron chi connectivity index (χ1n) is 7.06. The summed E-state index contributed by atoms with van der Waals surface area (Å²) in [5, 5.41) is 0. The molecule has 0 aromatic heterocycles. The molecular formula is C16H29O2. The largest absolute Gasteiger partial charge is 0.371 e. The molecule has 0 N–H and O–H groups in total. The Morgan fingerprint density at radius 3 is 2.67 bits per heavy atom. The molecule has 0 fully saturated rings. The molecule has 1 atom stereocenters. The smallest absolute Gasteiger partial charge is 0.122 e. The fraction of sp³-hybridized carbons (Fsp3) is 0.688. The lowest BCUT2D eigenvalue weighted by Gasteiger charge is -2.19. The maximum atomic E-state index is 5.66. The summed E-state index contributed by atoms with van der Waals surface area (Å²) in [6, 6.07) is 0. The molecule has 0 aliphatic carbocycles. The third-order valence-electron chi connectivity index (χ3n) is 2.77. The molecule has 0 rings (SSSR count). The Bertz CT molecular complexity index is 211. The topological polar surface area (TPSA) is 18.5 Å². The monoisotopic (exact) mass is 253 g/mol. The molecule has 0 spiro atoms. The summed E-state index contributed by atoms with van der Waals surface area (Å²) in [7, 11) is 0. The molecule has 18 heavy (non-hydrogen) atoms. The van der Waals surface area contributed by atoms with Gasteiger partial charge in [-0.05, 0) is 39.5 Å². The van der Waals surface area contributed by atoms with Crippen LogP contribution in [0.1, 0.15) is 52.9 Å². The standard InChI is InChI=1S/C16H29O2/c1-5-7-9-11-13-17-15(3)16(4)18-14-12-10-8-6-2/h5,10,12,16H,1,6-9,11,13-14H2,2-4H3. The average Bonchev–Trinajstić information content (AvgIpc) is 2.37. The predicted octanol–water partition coefficient (Wildman–Crippen LogP) is 4.67. The van der Waals surface area contributed by atoms with Gasteiger partial charge in [-0.2, -0.15) is 0 Å². The van der Waals surface area contributed by atoms with Gasteiger partial charge in [0.05, 0.1) is 12.7 Å². The molecule has 1 unspecified atom stereocenters. The van der Waals surface area contributed by atoms with E-state index in [9.17, 15) is 0 Å². The summed E-state index contributed by atoms with van der Waals surface area (Å²) in [4.78, 5) is 0. The zero-order valence-corrected chi connectivity index (χ0v) is 12.3. The van der Waals surface area contributed by atoms with Gasteiger partial charge in [0.25, 0.3) is 0 Å². The van der Waals surface area contributed by atoms with E-state index in [1.165, 1.54) is 6.42 Å². The molecule has 105 valence electrons. The van der Waals surface area contributed by atoms with E-state index in [-0.39, 0.29) is 6.10 Å². The zero-order valence-electron chi connectivity index (χ0n) is 12.3. The summed E-state index contributed by atoms with van der Waals surface area (Å²) in [5.74, 6) is 0. The number of hydrogen-bond acceptors (Lipinski definition) is 2. The van der Waals surface area contributed by atoms with Gasteiger partial charge >= 0.3 is 0 Å². The highest BCUT2D eigenvalue weighted by Crippen LogP contribution is 2.12. The van der Waals surface area contributed by atoms with Gasteiger partial charge in [0.15, 0.2) is 0 Å². The zero-order chi connectivity index (χ0) is 13.6. The van der Waals surface area contributed by atoms with Crippen LogP contribution in [0.3, 0.4) is 0 Å². The second kappa shape index (κ2) is 12.8. The van der Waals surface area contributed by atoms with Crippen molar-refractivity contribution in [1.29, 1.82) is 0 Å². The van der Waals surface area contributed by atoms with E-state index in [1.54, 1.807) is 0 Å². The van der Waals surface area contributed by atoms with Crippen molar-refractivity contribution in [3.8, 4) is 0 Å². The Hall–Kier alpha value is -0.600. The molecule has 0 bridgehead atoms. The maximum absolute atomic E-state index is 5.66. The van der Waals surface area contributed by atoms with Crippen molar-refractivity contribution in [1.82, 2.24) is 0 Å². The number of ether oxygens (including phenoxy) is 2. The van der Waals surface area contributed by atoms with E-state index in [1.807, 2.05) is 19.9 Å². The molecule has 0 aliphatic heterocycles. The summed E-state index contributed by atoms with van der Waals surface area (Å²) in [6.45, 7) is 11.3. The summed E-state index contributed by atoms with van der Waals surface area (Å²) in [6.07, 6.45) is 12.8. The van der Waals surface area contributed by atoms with Crippen LogP contribution in [-0.2, 0) is 9.47 Å². The lowest BCUT2D eigenvalue weighted by Crippen LogP contribution is -2.19. The van der Waals surface area contributed by atoms with Crippen molar-refractivity contribution < 1.29 is 9.47 Å². The number of unbranched alkanes of at least 4 members (excludes halogenated alkanes) is 3. The normalized spacial score (nSPS) is 13.3. The van der Waals surface area contributed by atoms with Crippen LogP contribution in [-0.4, -0.2) is 19.3 Å². The van der Waals surface area contributed by atoms with Gasteiger partial charge in [0.2, 0.25) is 0 Å². The second-order valence-corrected chi connectivity index (χ2v) is 4.48. The summed E-state index contributed by atoms with van der Waals surface area (Å²) >= 11 is 0. The van der Waals surface area contributed by atoms with Gasteiger partial charge in [-0.1, -0.05) is 31.6 Å². The summed E-state index contributed by atoms with van der Waals surface area (Å²) in [5.41, 5.74) is 0. The van der Waals surface area contributed by atoms with Crippen LogP contribution in [0.4, 0.5) is 0 Å². The number of rotatable bonds is 12. The van der Waals surface area contributed by atoms with Crippen LogP contribution in [0.25, 0.3) is 0 Å². The quantitative estimate of drug-likeness (QED) is 0.371. The SMILES string of the molecule is C=CCCCCO[C](C)C(C)OCC=CCCC. The fourth-order valence-electron chi connectivity index (χ4n) is 1.41. The molecule has 0 saturated heterocycles. The van der Waals surface area contributed by atoms with Crippen LogP contribution in [0, 0.1) is 6.10 Å². The van der Waals surface area contributed by atoms with Crippen molar-refractivity contribution in [3.63, 3.8) is 0 Å². The second-order valence-electron chi connectivity index (χ2n) is 4.48. The average molecular weight is 253 g/mol. The van der Waals surface area contributed by atoms with E-state index >= 15 is 0 Å². The molecule has 0 amide bonds. The first-order valence-corrected chi connectivity index (χ1v) is 7.06. The minimum absolute atomic E-state index is 0.0654. The molecule has 0 aromatic rings. The van der Waals surface area contributed by atoms with Gasteiger partial charge in [-0.25, -0.2) is 0 Å². The lowest BCUT2D eigenvalue weighted by atomic mass is 10.2. The maximum Gasteiger partial charge on any atom is 0.122 e. The molecule has 1 radical (unpaired) electrons. The van der Waals surface area contributed by atoms with Crippen LogP contribution in [0.5, 0.6) is 0 Å². The van der Waals surface area contributed by atoms with E-state index in [2.05, 4.69) is 25.7 Å². The highest BCUT2D eigenvalue weighted by atomic mass is 16.5. The summed E-state index contributed by atoms with van der Waals surface area (Å²) < 4.78 is 11.3. The molecule has 2 heteroatoms. The number of allylic oxidation sites excluding steroid dienone is 2. The Morgan fingerprint density at radius 2 is 2.00 bits per heavy atom. The minimum atomic E-state index is 0.0654. The minimum Gasteiger partial charge on any atom is -0.371 e. The van der Waals surface area contributed by atoms with E-state index in [0.717, 1.165) is 38.4 Å². The predicted molar refractivity (Wildman–Crippen MR) is 78.4 cm³/mol. The van der Waals surface area contributed by atoms with Crippen LogP contribution < -0.4 is 0 Å². The van der Waals surface area contributed by atoms with E-state index in [0.29, 0.717) is 6.61 Å². The molecule has 2 nitrogen and oxygen atoms in total. The van der Waals surface area contributed by atoms with Gasteiger partial charge in [-0.15, -0.1) is 6.58 Å². The van der Waals surface area contributed by atoms with Gasteiger partial charge in [0.1, 0.15) is 6.10 Å². The van der Waals surface area contributed by atoms with Crippen molar-refractivity contribution in [2.24, 2.45) is 0 Å². The highest BCUT2D eigenvalue weighted by Gasteiger charge is 2.13. The molecule has 0 aromatic carbocycles. The third kappa shape index (κ3) is 10.5. The van der Waals surface area contributed by atoms with Crippen molar-refractivity contribution in [3.05, 3.63) is 30.9 Å². The van der Waals surface area contributed by atoms with Crippen LogP contribution in [0.2, 0.25) is 0 Å². The molecule has 0 aliphatic rings. The number of hydrogen-bond donors (Lipinski definition) is 0. The fourth-order valence-corrected chi connectivity index (χ4v) is 1.41. The van der Waals surface area contributed by atoms with E-state index < -0.39 is 0 Å². The van der Waals surface area contributed by atoms with Crippen molar-refractivity contribution in [2.45, 2.75) is 59.0 Å². The first kappa shape index (κ1) is 17.4. The Balaban J connectivity index is 3.50. The lowest BCUT2D eigenvalue weighted by molar-refractivity contribution is 0.0128. The van der Waals surface area contributed by atoms with Crippen molar-refractivity contribution in [2.75, 3.05) is 13.2 Å². The van der Waals surface area contributed by atoms with Gasteiger partial charge in [0, 0.05) is 6.61 Å². The molecule has 0 heterocycles. The Kier molecular flexibility index (Phi) is 12.4. The molecule has 0 saturated carbocycles. The van der Waals surface area contributed by atoms with E-state index in [4.69, 9.17) is 9.47 Å². The van der Waals surface area contributed by atoms with Crippen LogP contribution in [0.15, 0.2) is 24.8 Å². The van der Waals surface area contributed by atoms with Crippen molar-refractivity contribution >= 4 is 0 Å². The molecular weight excluding hydrogens is 224 g/mol.